The average molecular weight is 242 g/mol. The fourth-order valence-electron chi connectivity index (χ4n) is 2.03. The van der Waals surface area contributed by atoms with E-state index in [1.165, 1.54) is 32.1 Å². The molecule has 1 aliphatic carbocycles. The highest BCUT2D eigenvalue weighted by molar-refractivity contribution is 8.00. The van der Waals surface area contributed by atoms with Gasteiger partial charge >= 0.3 is 0 Å². The third-order valence-electron chi connectivity index (χ3n) is 3.31. The quantitative estimate of drug-likeness (QED) is 0.739. The van der Waals surface area contributed by atoms with E-state index in [1.807, 2.05) is 11.8 Å². The van der Waals surface area contributed by atoms with Crippen molar-refractivity contribution in [2.24, 2.45) is 5.92 Å². The van der Waals surface area contributed by atoms with Crippen LogP contribution in [-0.2, 0) is 4.79 Å². The predicted octanol–water partition coefficient (Wildman–Crippen LogP) is 1.39. The van der Waals surface area contributed by atoms with Gasteiger partial charge in [0.1, 0.15) is 0 Å². The highest BCUT2D eigenvalue weighted by Gasteiger charge is 2.20. The summed E-state index contributed by atoms with van der Waals surface area (Å²) >= 11 is 1.83. The van der Waals surface area contributed by atoms with Gasteiger partial charge in [-0.25, -0.2) is 0 Å². The maximum absolute atomic E-state index is 11.5. The summed E-state index contributed by atoms with van der Waals surface area (Å²) in [6, 6.07) is 0. The molecule has 2 fully saturated rings. The van der Waals surface area contributed by atoms with Crippen LogP contribution in [0.2, 0.25) is 0 Å². The smallest absolute Gasteiger partial charge is 0.230 e. The van der Waals surface area contributed by atoms with E-state index in [9.17, 15) is 4.79 Å². The van der Waals surface area contributed by atoms with Crippen LogP contribution in [0.1, 0.15) is 32.1 Å². The summed E-state index contributed by atoms with van der Waals surface area (Å²) in [4.78, 5) is 11.5. The van der Waals surface area contributed by atoms with Crippen molar-refractivity contribution in [3.8, 4) is 0 Å². The SMILES string of the molecule is O=C(CSC1CCNCC1)NCCC1CC1. The van der Waals surface area contributed by atoms with Crippen molar-refractivity contribution in [3.05, 3.63) is 0 Å². The van der Waals surface area contributed by atoms with Crippen LogP contribution in [0.25, 0.3) is 0 Å². The number of carbonyl (C=O) groups is 1. The minimum atomic E-state index is 0.226. The van der Waals surface area contributed by atoms with Crippen molar-refractivity contribution in [1.82, 2.24) is 10.6 Å². The van der Waals surface area contributed by atoms with Gasteiger partial charge in [-0.05, 0) is 38.3 Å². The molecular weight excluding hydrogens is 220 g/mol. The predicted molar refractivity (Wildman–Crippen MR) is 68.7 cm³/mol. The van der Waals surface area contributed by atoms with E-state index < -0.39 is 0 Å². The van der Waals surface area contributed by atoms with E-state index in [1.54, 1.807) is 0 Å². The average Bonchev–Trinajstić information content (AvgIpc) is 3.12. The van der Waals surface area contributed by atoms with Crippen LogP contribution in [0.15, 0.2) is 0 Å². The fourth-order valence-corrected chi connectivity index (χ4v) is 3.09. The van der Waals surface area contributed by atoms with Gasteiger partial charge in [0.15, 0.2) is 0 Å². The summed E-state index contributed by atoms with van der Waals surface area (Å²) in [5, 5.41) is 7.05. The van der Waals surface area contributed by atoms with Gasteiger partial charge in [0, 0.05) is 11.8 Å². The highest BCUT2D eigenvalue weighted by atomic mass is 32.2. The van der Waals surface area contributed by atoms with Crippen LogP contribution in [0.3, 0.4) is 0 Å². The Kier molecular flexibility index (Phi) is 4.97. The Morgan fingerprint density at radius 2 is 2.00 bits per heavy atom. The maximum Gasteiger partial charge on any atom is 0.230 e. The minimum Gasteiger partial charge on any atom is -0.355 e. The molecule has 3 nitrogen and oxygen atoms in total. The topological polar surface area (TPSA) is 41.1 Å². The zero-order valence-electron chi connectivity index (χ0n) is 9.84. The van der Waals surface area contributed by atoms with E-state index in [0.29, 0.717) is 11.0 Å². The monoisotopic (exact) mass is 242 g/mol. The molecule has 2 aliphatic rings. The molecule has 1 heterocycles. The molecule has 0 spiro atoms. The third kappa shape index (κ3) is 4.74. The lowest BCUT2D eigenvalue weighted by atomic mass is 10.2. The van der Waals surface area contributed by atoms with Crippen LogP contribution in [0.4, 0.5) is 0 Å². The van der Waals surface area contributed by atoms with Crippen molar-refractivity contribution < 1.29 is 4.79 Å². The lowest BCUT2D eigenvalue weighted by Gasteiger charge is -2.21. The zero-order valence-corrected chi connectivity index (χ0v) is 10.7. The second-order valence-electron chi connectivity index (χ2n) is 4.84. The first-order chi connectivity index (χ1) is 7.84. The summed E-state index contributed by atoms with van der Waals surface area (Å²) < 4.78 is 0. The second-order valence-corrected chi connectivity index (χ2v) is 6.13. The van der Waals surface area contributed by atoms with Gasteiger partial charge in [0.2, 0.25) is 5.91 Å². The van der Waals surface area contributed by atoms with Crippen molar-refractivity contribution in [2.75, 3.05) is 25.4 Å². The first-order valence-electron chi connectivity index (χ1n) is 6.43. The molecule has 1 saturated carbocycles. The second kappa shape index (κ2) is 6.50. The maximum atomic E-state index is 11.5. The molecule has 0 aromatic heterocycles. The number of carbonyl (C=O) groups excluding carboxylic acids is 1. The van der Waals surface area contributed by atoms with Crippen LogP contribution in [0.5, 0.6) is 0 Å². The van der Waals surface area contributed by atoms with Crippen LogP contribution in [0, 0.1) is 5.92 Å². The molecule has 2 rings (SSSR count). The molecule has 0 bridgehead atoms. The number of hydrogen-bond acceptors (Lipinski definition) is 3. The van der Waals surface area contributed by atoms with Gasteiger partial charge in [0.25, 0.3) is 0 Å². The third-order valence-corrected chi connectivity index (χ3v) is 4.68. The van der Waals surface area contributed by atoms with Gasteiger partial charge in [-0.3, -0.25) is 4.79 Å². The normalized spacial score (nSPS) is 22.0. The Hall–Kier alpha value is -0.220. The van der Waals surface area contributed by atoms with Gasteiger partial charge in [-0.2, -0.15) is 0 Å². The molecule has 0 radical (unpaired) electrons. The Bertz CT molecular complexity index is 225. The summed E-state index contributed by atoms with van der Waals surface area (Å²) in [6.45, 7) is 3.11. The standard InChI is InChI=1S/C12H22N2OS/c15-12(14-8-3-10-1-2-10)9-16-11-4-6-13-7-5-11/h10-11,13H,1-9H2,(H,14,15). The van der Waals surface area contributed by atoms with Crippen LogP contribution >= 0.6 is 11.8 Å². The highest BCUT2D eigenvalue weighted by Crippen LogP contribution is 2.31. The van der Waals surface area contributed by atoms with E-state index >= 15 is 0 Å². The summed E-state index contributed by atoms with van der Waals surface area (Å²) in [5.74, 6) is 1.79. The number of piperidine rings is 1. The van der Waals surface area contributed by atoms with Gasteiger partial charge in [-0.1, -0.05) is 12.8 Å². The summed E-state index contributed by atoms with van der Waals surface area (Å²) in [6.07, 6.45) is 6.35. The molecule has 0 aromatic carbocycles. The molecule has 0 aromatic rings. The van der Waals surface area contributed by atoms with Crippen molar-refractivity contribution in [3.63, 3.8) is 0 Å². The summed E-state index contributed by atoms with van der Waals surface area (Å²) in [7, 11) is 0. The first-order valence-corrected chi connectivity index (χ1v) is 7.48. The Morgan fingerprint density at radius 3 is 2.69 bits per heavy atom. The summed E-state index contributed by atoms with van der Waals surface area (Å²) in [5.41, 5.74) is 0. The molecule has 4 heteroatoms. The molecule has 2 N–H and O–H groups in total. The largest absolute Gasteiger partial charge is 0.355 e. The number of amides is 1. The zero-order chi connectivity index (χ0) is 11.2. The van der Waals surface area contributed by atoms with Crippen LogP contribution in [-0.4, -0.2) is 36.5 Å². The number of thioether (sulfide) groups is 1. The fraction of sp³-hybridized carbons (Fsp3) is 0.917. The van der Waals surface area contributed by atoms with Gasteiger partial charge < -0.3 is 10.6 Å². The Labute approximate surface area is 102 Å². The molecule has 0 unspecified atom stereocenters. The molecular formula is C12H22N2OS. The lowest BCUT2D eigenvalue weighted by molar-refractivity contribution is -0.118. The van der Waals surface area contributed by atoms with E-state index in [4.69, 9.17) is 0 Å². The Morgan fingerprint density at radius 1 is 1.25 bits per heavy atom. The van der Waals surface area contributed by atoms with E-state index in [2.05, 4.69) is 10.6 Å². The molecule has 1 saturated heterocycles. The number of nitrogens with one attached hydrogen (secondary N) is 2. The minimum absolute atomic E-state index is 0.226. The number of hydrogen-bond donors (Lipinski definition) is 2. The Balaban J connectivity index is 1.48. The first kappa shape index (κ1) is 12.2. The van der Waals surface area contributed by atoms with Crippen LogP contribution < -0.4 is 10.6 Å². The van der Waals surface area contributed by atoms with Crippen molar-refractivity contribution in [1.29, 1.82) is 0 Å². The van der Waals surface area contributed by atoms with Crippen molar-refractivity contribution >= 4 is 17.7 Å². The van der Waals surface area contributed by atoms with Gasteiger partial charge in [0.05, 0.1) is 5.75 Å². The molecule has 92 valence electrons. The number of rotatable bonds is 6. The lowest BCUT2D eigenvalue weighted by Crippen LogP contribution is -2.31. The molecule has 0 atom stereocenters. The molecule has 16 heavy (non-hydrogen) atoms. The molecule has 1 aliphatic heterocycles. The van der Waals surface area contributed by atoms with Crippen molar-refractivity contribution in [2.45, 2.75) is 37.4 Å². The van der Waals surface area contributed by atoms with Gasteiger partial charge in [-0.15, -0.1) is 11.8 Å². The van der Waals surface area contributed by atoms with E-state index in [-0.39, 0.29) is 5.91 Å². The van der Waals surface area contributed by atoms with E-state index in [0.717, 1.165) is 25.6 Å². The molecule has 1 amide bonds.